The number of furan rings is 1. The monoisotopic (exact) mass is 399 g/mol. The topological polar surface area (TPSA) is 110 Å². The Balaban J connectivity index is 1.48. The highest BCUT2D eigenvalue weighted by Gasteiger charge is 2.49. The Morgan fingerprint density at radius 2 is 2.00 bits per heavy atom. The van der Waals surface area contributed by atoms with Crippen LogP contribution in [0, 0.1) is 0 Å². The predicted octanol–water partition coefficient (Wildman–Crippen LogP) is 1.52. The highest BCUT2D eigenvalue weighted by atomic mass is 16.5. The van der Waals surface area contributed by atoms with Crippen molar-refractivity contribution in [3.05, 3.63) is 47.9 Å². The molecule has 3 heterocycles. The number of hydrogen-bond acceptors (Lipinski definition) is 6. The van der Waals surface area contributed by atoms with Crippen molar-refractivity contribution in [3.63, 3.8) is 0 Å². The quantitative estimate of drug-likeness (QED) is 0.738. The Morgan fingerprint density at radius 1 is 1.21 bits per heavy atom. The molecule has 4 amide bonds. The lowest BCUT2D eigenvalue weighted by Gasteiger charge is -2.23. The molecule has 1 saturated heterocycles. The lowest BCUT2D eigenvalue weighted by Crippen LogP contribution is -2.43. The van der Waals surface area contributed by atoms with Gasteiger partial charge in [0.2, 0.25) is 5.91 Å². The van der Waals surface area contributed by atoms with Crippen molar-refractivity contribution in [1.29, 1.82) is 0 Å². The van der Waals surface area contributed by atoms with Gasteiger partial charge in [-0.2, -0.15) is 0 Å². The Hall–Kier alpha value is -3.49. The third-order valence-electron chi connectivity index (χ3n) is 4.94. The molecule has 2 aromatic rings. The minimum atomic E-state index is -1.30. The number of nitrogens with one attached hydrogen (secondary N) is 2. The minimum absolute atomic E-state index is 0.176. The second kappa shape index (κ2) is 7.50. The number of carbonyl (C=O) groups is 3. The summed E-state index contributed by atoms with van der Waals surface area (Å²) in [4.78, 5) is 38.5. The van der Waals surface area contributed by atoms with Crippen molar-refractivity contribution in [2.75, 3.05) is 19.8 Å². The third kappa shape index (κ3) is 3.63. The predicted molar refractivity (Wildman–Crippen MR) is 100 cm³/mol. The van der Waals surface area contributed by atoms with Crippen molar-refractivity contribution < 1.29 is 28.3 Å². The molecule has 0 bridgehead atoms. The Morgan fingerprint density at radius 3 is 2.76 bits per heavy atom. The fraction of sp³-hybridized carbons (Fsp3) is 0.350. The SMILES string of the molecule is C[C@@]1(c2ccc3c(c2)OCCCO3)NC(=O)N(CC(=O)NCc2ccco2)C1=O. The average molecular weight is 399 g/mol. The van der Waals surface area contributed by atoms with Gasteiger partial charge in [-0.3, -0.25) is 14.5 Å². The van der Waals surface area contributed by atoms with Crippen molar-refractivity contribution in [2.45, 2.75) is 25.4 Å². The van der Waals surface area contributed by atoms with Gasteiger partial charge in [0, 0.05) is 6.42 Å². The maximum atomic E-state index is 13.0. The molecule has 9 heteroatoms. The van der Waals surface area contributed by atoms with Gasteiger partial charge in [0.1, 0.15) is 17.8 Å². The molecule has 29 heavy (non-hydrogen) atoms. The Bertz CT molecular complexity index is 942. The first kappa shape index (κ1) is 18.9. The summed E-state index contributed by atoms with van der Waals surface area (Å²) in [5.74, 6) is 0.726. The number of carbonyl (C=O) groups excluding carboxylic acids is 3. The second-order valence-corrected chi connectivity index (χ2v) is 7.01. The first-order chi connectivity index (χ1) is 14.0. The summed E-state index contributed by atoms with van der Waals surface area (Å²) in [6.45, 7) is 2.46. The van der Waals surface area contributed by atoms with Crippen LogP contribution in [-0.2, 0) is 21.7 Å². The average Bonchev–Trinajstić information content (AvgIpc) is 3.21. The number of benzene rings is 1. The molecule has 4 rings (SSSR count). The summed E-state index contributed by atoms with van der Waals surface area (Å²) in [5.41, 5.74) is -0.748. The zero-order chi connectivity index (χ0) is 20.4. The van der Waals surface area contributed by atoms with Crippen LogP contribution in [0.3, 0.4) is 0 Å². The molecule has 0 spiro atoms. The Kier molecular flexibility index (Phi) is 4.87. The zero-order valence-corrected chi connectivity index (χ0v) is 15.9. The standard InChI is InChI=1S/C20H21N3O6/c1-20(13-5-6-15-16(10-13)29-9-3-8-28-15)18(25)23(19(26)22-20)12-17(24)21-11-14-4-2-7-27-14/h2,4-7,10H,3,8-9,11-12H2,1H3,(H,21,24)(H,22,26)/t20-/m0/s1. The molecule has 2 aliphatic heterocycles. The van der Waals surface area contributed by atoms with E-state index in [4.69, 9.17) is 13.9 Å². The smallest absolute Gasteiger partial charge is 0.325 e. The molecule has 0 radical (unpaired) electrons. The van der Waals surface area contributed by atoms with Crippen LogP contribution in [0.4, 0.5) is 4.79 Å². The van der Waals surface area contributed by atoms with Crippen LogP contribution in [0.25, 0.3) is 0 Å². The van der Waals surface area contributed by atoms with Crippen LogP contribution < -0.4 is 20.1 Å². The van der Waals surface area contributed by atoms with E-state index in [2.05, 4.69) is 10.6 Å². The number of urea groups is 1. The van der Waals surface area contributed by atoms with Crippen LogP contribution in [0.2, 0.25) is 0 Å². The molecule has 0 aliphatic carbocycles. The summed E-state index contributed by atoms with van der Waals surface area (Å²) in [6, 6.07) is 7.93. The van der Waals surface area contributed by atoms with E-state index in [0.717, 1.165) is 11.3 Å². The number of hydrogen-bond donors (Lipinski definition) is 2. The van der Waals surface area contributed by atoms with E-state index in [1.165, 1.54) is 6.26 Å². The summed E-state index contributed by atoms with van der Waals surface area (Å²) in [7, 11) is 0. The van der Waals surface area contributed by atoms with Crippen LogP contribution in [0.15, 0.2) is 41.0 Å². The van der Waals surface area contributed by atoms with E-state index < -0.39 is 23.4 Å². The molecular weight excluding hydrogens is 378 g/mol. The lowest BCUT2D eigenvalue weighted by atomic mass is 9.91. The van der Waals surface area contributed by atoms with Crippen molar-refractivity contribution in [3.8, 4) is 11.5 Å². The van der Waals surface area contributed by atoms with E-state index in [-0.39, 0.29) is 13.1 Å². The Labute approximate surface area is 166 Å². The van der Waals surface area contributed by atoms with Crippen LogP contribution in [0.1, 0.15) is 24.7 Å². The maximum absolute atomic E-state index is 13.0. The fourth-order valence-electron chi connectivity index (χ4n) is 3.31. The van der Waals surface area contributed by atoms with E-state index in [1.807, 2.05) is 0 Å². The third-order valence-corrected chi connectivity index (χ3v) is 4.94. The molecule has 1 fully saturated rings. The summed E-state index contributed by atoms with van der Waals surface area (Å²) < 4.78 is 16.4. The van der Waals surface area contributed by atoms with Gasteiger partial charge in [0.25, 0.3) is 5.91 Å². The molecule has 0 unspecified atom stereocenters. The number of ether oxygens (including phenoxy) is 2. The van der Waals surface area contributed by atoms with Gasteiger partial charge in [0.15, 0.2) is 11.5 Å². The molecule has 0 saturated carbocycles. The van der Waals surface area contributed by atoms with E-state index in [1.54, 1.807) is 37.3 Å². The normalized spacial score (nSPS) is 20.9. The molecule has 1 atom stereocenters. The van der Waals surface area contributed by atoms with Gasteiger partial charge < -0.3 is 24.5 Å². The van der Waals surface area contributed by atoms with E-state index in [0.29, 0.717) is 36.0 Å². The van der Waals surface area contributed by atoms with Gasteiger partial charge in [0.05, 0.1) is 26.0 Å². The number of amides is 4. The number of nitrogens with zero attached hydrogens (tertiary/aromatic N) is 1. The molecule has 9 nitrogen and oxygen atoms in total. The van der Waals surface area contributed by atoms with Crippen molar-refractivity contribution in [1.82, 2.24) is 15.5 Å². The fourth-order valence-corrected chi connectivity index (χ4v) is 3.31. The number of fused-ring (bicyclic) bond motifs is 1. The van der Waals surface area contributed by atoms with Gasteiger partial charge in [-0.25, -0.2) is 4.79 Å². The van der Waals surface area contributed by atoms with Crippen molar-refractivity contribution in [2.24, 2.45) is 0 Å². The summed E-state index contributed by atoms with van der Waals surface area (Å²) in [5, 5.41) is 5.31. The molecular formula is C20H21N3O6. The molecule has 2 aliphatic rings. The van der Waals surface area contributed by atoms with Crippen LogP contribution >= 0.6 is 0 Å². The van der Waals surface area contributed by atoms with E-state index >= 15 is 0 Å². The molecule has 1 aromatic carbocycles. The largest absolute Gasteiger partial charge is 0.490 e. The molecule has 152 valence electrons. The minimum Gasteiger partial charge on any atom is -0.490 e. The van der Waals surface area contributed by atoms with Crippen LogP contribution in [-0.4, -0.2) is 42.5 Å². The summed E-state index contributed by atoms with van der Waals surface area (Å²) in [6.07, 6.45) is 2.26. The zero-order valence-electron chi connectivity index (χ0n) is 15.9. The number of rotatable bonds is 5. The second-order valence-electron chi connectivity index (χ2n) is 7.01. The van der Waals surface area contributed by atoms with Crippen molar-refractivity contribution >= 4 is 17.8 Å². The molecule has 2 N–H and O–H groups in total. The van der Waals surface area contributed by atoms with E-state index in [9.17, 15) is 14.4 Å². The van der Waals surface area contributed by atoms with Crippen LogP contribution in [0.5, 0.6) is 11.5 Å². The van der Waals surface area contributed by atoms with Gasteiger partial charge in [-0.15, -0.1) is 0 Å². The van der Waals surface area contributed by atoms with Gasteiger partial charge in [-0.1, -0.05) is 6.07 Å². The van der Waals surface area contributed by atoms with Gasteiger partial charge in [-0.05, 0) is 36.8 Å². The first-order valence-corrected chi connectivity index (χ1v) is 9.31. The highest BCUT2D eigenvalue weighted by molar-refractivity contribution is 6.09. The molecule has 1 aromatic heterocycles. The first-order valence-electron chi connectivity index (χ1n) is 9.31. The maximum Gasteiger partial charge on any atom is 0.325 e. The highest BCUT2D eigenvalue weighted by Crippen LogP contribution is 2.36. The lowest BCUT2D eigenvalue weighted by molar-refractivity contribution is -0.134. The summed E-state index contributed by atoms with van der Waals surface area (Å²) >= 11 is 0. The van der Waals surface area contributed by atoms with Gasteiger partial charge >= 0.3 is 6.03 Å². The number of imide groups is 1.